The normalized spacial score (nSPS) is 16.7. The van der Waals surface area contributed by atoms with Crippen molar-refractivity contribution in [1.29, 1.82) is 0 Å². The first-order valence-electron chi connectivity index (χ1n) is 9.46. The van der Waals surface area contributed by atoms with Gasteiger partial charge in [0.25, 0.3) is 0 Å². The maximum absolute atomic E-state index is 12.4. The standard InChI is InChI=1S/C21H27N3O2/c1-4-26-21-17-12-10-16(20(25)22-14(2)3)11-13-18(17)23-19(24-21)15-8-6-5-7-9-15/h5-9,14,16H,4,10-13H2,1-3H3,(H,22,25). The second kappa shape index (κ2) is 8.30. The Hall–Kier alpha value is -2.43. The Morgan fingerprint density at radius 2 is 1.92 bits per heavy atom. The minimum atomic E-state index is 0.0150. The zero-order valence-corrected chi connectivity index (χ0v) is 15.8. The maximum atomic E-state index is 12.4. The number of hydrogen-bond donors (Lipinski definition) is 1. The smallest absolute Gasteiger partial charge is 0.223 e. The monoisotopic (exact) mass is 353 g/mol. The molecule has 5 heteroatoms. The SMILES string of the molecule is CCOc1nc(-c2ccccc2)nc2c1CCC(C(=O)NC(C)C)CC2. The summed E-state index contributed by atoms with van der Waals surface area (Å²) in [5, 5.41) is 3.04. The van der Waals surface area contributed by atoms with Crippen LogP contribution in [0.4, 0.5) is 0 Å². The van der Waals surface area contributed by atoms with Crippen LogP contribution in [0.5, 0.6) is 5.88 Å². The van der Waals surface area contributed by atoms with E-state index in [4.69, 9.17) is 9.72 Å². The van der Waals surface area contributed by atoms with E-state index in [1.807, 2.05) is 51.1 Å². The summed E-state index contributed by atoms with van der Waals surface area (Å²) in [6.45, 7) is 6.52. The first-order chi connectivity index (χ1) is 12.6. The van der Waals surface area contributed by atoms with Crippen LogP contribution >= 0.6 is 0 Å². The number of nitrogens with zero attached hydrogens (tertiary/aromatic N) is 2. The number of aryl methyl sites for hydroxylation is 1. The second-order valence-corrected chi connectivity index (χ2v) is 7.01. The van der Waals surface area contributed by atoms with Crippen molar-refractivity contribution in [3.05, 3.63) is 41.6 Å². The molecule has 0 aliphatic heterocycles. The number of benzene rings is 1. The van der Waals surface area contributed by atoms with Crippen LogP contribution in [0.3, 0.4) is 0 Å². The van der Waals surface area contributed by atoms with Crippen LogP contribution in [-0.2, 0) is 17.6 Å². The van der Waals surface area contributed by atoms with Crippen molar-refractivity contribution in [2.75, 3.05) is 6.61 Å². The van der Waals surface area contributed by atoms with E-state index in [0.29, 0.717) is 18.3 Å². The van der Waals surface area contributed by atoms with Crippen LogP contribution in [0.15, 0.2) is 30.3 Å². The van der Waals surface area contributed by atoms with Crippen molar-refractivity contribution in [2.45, 2.75) is 52.5 Å². The van der Waals surface area contributed by atoms with Gasteiger partial charge in [-0.3, -0.25) is 4.79 Å². The highest BCUT2D eigenvalue weighted by molar-refractivity contribution is 5.79. The van der Waals surface area contributed by atoms with Crippen molar-refractivity contribution in [3.8, 4) is 17.3 Å². The number of fused-ring (bicyclic) bond motifs is 1. The fourth-order valence-electron chi connectivity index (χ4n) is 3.38. The summed E-state index contributed by atoms with van der Waals surface area (Å²) in [5.74, 6) is 1.52. The molecule has 1 aliphatic rings. The molecule has 1 aliphatic carbocycles. The number of carbonyl (C=O) groups excluding carboxylic acids is 1. The Morgan fingerprint density at radius 1 is 1.19 bits per heavy atom. The zero-order chi connectivity index (χ0) is 18.5. The molecule has 0 saturated heterocycles. The Labute approximate surface area is 155 Å². The third-order valence-electron chi connectivity index (χ3n) is 4.64. The molecule has 1 unspecified atom stereocenters. The van der Waals surface area contributed by atoms with Crippen molar-refractivity contribution in [2.24, 2.45) is 5.92 Å². The van der Waals surface area contributed by atoms with Crippen LogP contribution in [0, 0.1) is 5.92 Å². The third kappa shape index (κ3) is 4.21. The molecular weight excluding hydrogens is 326 g/mol. The number of amides is 1. The molecule has 1 atom stereocenters. The van der Waals surface area contributed by atoms with Gasteiger partial charge in [0.15, 0.2) is 5.82 Å². The average Bonchev–Trinajstić information content (AvgIpc) is 2.85. The first-order valence-corrected chi connectivity index (χ1v) is 9.46. The van der Waals surface area contributed by atoms with Crippen LogP contribution in [0.2, 0.25) is 0 Å². The molecule has 138 valence electrons. The summed E-state index contributed by atoms with van der Waals surface area (Å²) < 4.78 is 5.83. The molecule has 1 aromatic carbocycles. The summed E-state index contributed by atoms with van der Waals surface area (Å²) in [6.07, 6.45) is 3.16. The van der Waals surface area contributed by atoms with E-state index >= 15 is 0 Å². The fraction of sp³-hybridized carbons (Fsp3) is 0.476. The molecule has 0 radical (unpaired) electrons. The summed E-state index contributed by atoms with van der Waals surface area (Å²) in [4.78, 5) is 21.9. The Bertz CT molecular complexity index is 759. The number of ether oxygens (including phenoxy) is 1. The van der Waals surface area contributed by atoms with E-state index in [1.165, 1.54) is 0 Å². The average molecular weight is 353 g/mol. The minimum absolute atomic E-state index is 0.0150. The summed E-state index contributed by atoms with van der Waals surface area (Å²) >= 11 is 0. The fourth-order valence-corrected chi connectivity index (χ4v) is 3.38. The van der Waals surface area contributed by atoms with Gasteiger partial charge in [0.05, 0.1) is 12.3 Å². The molecule has 3 rings (SSSR count). The van der Waals surface area contributed by atoms with Gasteiger partial charge in [0, 0.05) is 23.1 Å². The maximum Gasteiger partial charge on any atom is 0.223 e. The van der Waals surface area contributed by atoms with Crippen molar-refractivity contribution in [3.63, 3.8) is 0 Å². The van der Waals surface area contributed by atoms with Gasteiger partial charge >= 0.3 is 0 Å². The predicted octanol–water partition coefficient (Wildman–Crippen LogP) is 3.56. The first kappa shape index (κ1) is 18.4. The van der Waals surface area contributed by atoms with Gasteiger partial charge in [-0.15, -0.1) is 0 Å². The Morgan fingerprint density at radius 3 is 2.62 bits per heavy atom. The van der Waals surface area contributed by atoms with Crippen LogP contribution in [-0.4, -0.2) is 28.5 Å². The predicted molar refractivity (Wildman–Crippen MR) is 102 cm³/mol. The lowest BCUT2D eigenvalue weighted by molar-refractivity contribution is -0.125. The molecule has 1 aromatic heterocycles. The number of hydrogen-bond acceptors (Lipinski definition) is 4. The van der Waals surface area contributed by atoms with E-state index in [9.17, 15) is 4.79 Å². The van der Waals surface area contributed by atoms with Crippen molar-refractivity contribution in [1.82, 2.24) is 15.3 Å². The van der Waals surface area contributed by atoms with Crippen LogP contribution in [0.25, 0.3) is 11.4 Å². The molecule has 0 saturated carbocycles. The largest absolute Gasteiger partial charge is 0.478 e. The molecule has 1 amide bonds. The molecule has 5 nitrogen and oxygen atoms in total. The Kier molecular flexibility index (Phi) is 5.86. The highest BCUT2D eigenvalue weighted by Gasteiger charge is 2.26. The van der Waals surface area contributed by atoms with Gasteiger partial charge in [-0.25, -0.2) is 4.98 Å². The molecule has 2 aromatic rings. The quantitative estimate of drug-likeness (QED) is 0.835. The highest BCUT2D eigenvalue weighted by Crippen LogP contribution is 2.31. The number of nitrogens with one attached hydrogen (secondary N) is 1. The van der Waals surface area contributed by atoms with Gasteiger partial charge in [0.1, 0.15) is 0 Å². The van der Waals surface area contributed by atoms with Gasteiger partial charge in [0.2, 0.25) is 11.8 Å². The van der Waals surface area contributed by atoms with Gasteiger partial charge in [-0.2, -0.15) is 4.98 Å². The molecule has 0 bridgehead atoms. The van der Waals surface area contributed by atoms with Crippen molar-refractivity contribution < 1.29 is 9.53 Å². The Balaban J connectivity index is 1.90. The topological polar surface area (TPSA) is 64.1 Å². The number of aromatic nitrogens is 2. The van der Waals surface area contributed by atoms with Gasteiger partial charge in [-0.05, 0) is 46.5 Å². The van der Waals surface area contributed by atoms with E-state index in [0.717, 1.165) is 42.5 Å². The molecule has 1 heterocycles. The minimum Gasteiger partial charge on any atom is -0.478 e. The molecular formula is C21H27N3O2. The summed E-state index contributed by atoms with van der Waals surface area (Å²) in [6, 6.07) is 10.1. The van der Waals surface area contributed by atoms with E-state index in [-0.39, 0.29) is 17.9 Å². The lowest BCUT2D eigenvalue weighted by Crippen LogP contribution is -2.35. The lowest BCUT2D eigenvalue weighted by atomic mass is 9.98. The molecule has 26 heavy (non-hydrogen) atoms. The molecule has 0 spiro atoms. The number of rotatable bonds is 5. The summed E-state index contributed by atoms with van der Waals surface area (Å²) in [5.41, 5.74) is 3.06. The summed E-state index contributed by atoms with van der Waals surface area (Å²) in [7, 11) is 0. The van der Waals surface area contributed by atoms with E-state index in [2.05, 4.69) is 10.3 Å². The van der Waals surface area contributed by atoms with E-state index in [1.54, 1.807) is 0 Å². The second-order valence-electron chi connectivity index (χ2n) is 7.01. The zero-order valence-electron chi connectivity index (χ0n) is 15.8. The lowest BCUT2D eigenvalue weighted by Gasteiger charge is -2.16. The van der Waals surface area contributed by atoms with Crippen molar-refractivity contribution >= 4 is 5.91 Å². The molecule has 1 N–H and O–H groups in total. The van der Waals surface area contributed by atoms with E-state index < -0.39 is 0 Å². The van der Waals surface area contributed by atoms with Gasteiger partial charge in [-0.1, -0.05) is 30.3 Å². The highest BCUT2D eigenvalue weighted by atomic mass is 16.5. The van der Waals surface area contributed by atoms with Crippen LogP contribution < -0.4 is 10.1 Å². The third-order valence-corrected chi connectivity index (χ3v) is 4.64. The molecule has 0 fully saturated rings. The number of carbonyl (C=O) groups is 1. The van der Waals surface area contributed by atoms with Gasteiger partial charge < -0.3 is 10.1 Å². The van der Waals surface area contributed by atoms with Crippen LogP contribution in [0.1, 0.15) is 44.9 Å².